The molecule has 2 unspecified atom stereocenters. The maximum atomic E-state index is 2.57. The van der Waals surface area contributed by atoms with Crippen LogP contribution in [-0.2, 0) is 0 Å². The van der Waals surface area contributed by atoms with E-state index < -0.39 is 0 Å². The highest BCUT2D eigenvalue weighted by Gasteiger charge is 2.35. The van der Waals surface area contributed by atoms with Crippen LogP contribution in [0, 0.1) is 17.3 Å². The maximum absolute atomic E-state index is 2.57. The van der Waals surface area contributed by atoms with E-state index in [-0.39, 0.29) is 0 Å². The second-order valence-electron chi connectivity index (χ2n) is 7.08. The Hall–Kier alpha value is 0. The molecule has 0 fully saturated rings. The van der Waals surface area contributed by atoms with Crippen LogP contribution in [-0.4, -0.2) is 0 Å². The third kappa shape index (κ3) is 6.82. The van der Waals surface area contributed by atoms with Crippen molar-refractivity contribution in [2.24, 2.45) is 17.3 Å². The van der Waals surface area contributed by atoms with E-state index >= 15 is 0 Å². The van der Waals surface area contributed by atoms with Crippen LogP contribution in [0.4, 0.5) is 0 Å². The Labute approximate surface area is 123 Å². The lowest BCUT2D eigenvalue weighted by Crippen LogP contribution is -2.33. The molecule has 0 saturated heterocycles. The highest BCUT2D eigenvalue weighted by Crippen LogP contribution is 2.44. The first kappa shape index (κ1) is 19.0. The summed E-state index contributed by atoms with van der Waals surface area (Å²) in [7, 11) is 0. The summed E-state index contributed by atoms with van der Waals surface area (Å²) in [4.78, 5) is 0. The summed E-state index contributed by atoms with van der Waals surface area (Å²) < 4.78 is 0. The van der Waals surface area contributed by atoms with Crippen molar-refractivity contribution in [3.8, 4) is 0 Å². The minimum Gasteiger partial charge on any atom is -0.0654 e. The van der Waals surface area contributed by atoms with E-state index in [1.54, 1.807) is 0 Å². The fourth-order valence-corrected chi connectivity index (χ4v) is 3.71. The van der Waals surface area contributed by atoms with Gasteiger partial charge in [0.2, 0.25) is 0 Å². The number of unbranched alkanes of at least 4 members (excludes halogenated alkanes) is 2. The van der Waals surface area contributed by atoms with Crippen LogP contribution >= 0.6 is 0 Å². The first-order valence-electron chi connectivity index (χ1n) is 9.04. The first-order valence-corrected chi connectivity index (χ1v) is 9.04. The third-order valence-electron chi connectivity index (χ3n) is 5.19. The van der Waals surface area contributed by atoms with Crippen molar-refractivity contribution in [3.05, 3.63) is 0 Å². The molecule has 0 N–H and O–H groups in total. The van der Waals surface area contributed by atoms with Gasteiger partial charge < -0.3 is 0 Å². The van der Waals surface area contributed by atoms with Gasteiger partial charge in [0.25, 0.3) is 0 Å². The molecule has 0 amide bonds. The normalized spacial score (nSPS) is 15.5. The summed E-state index contributed by atoms with van der Waals surface area (Å²) in [5.41, 5.74) is 0.538. The Bertz CT molecular complexity index is 172. The van der Waals surface area contributed by atoms with Crippen LogP contribution < -0.4 is 0 Å². The largest absolute Gasteiger partial charge is 0.0654 e. The highest BCUT2D eigenvalue weighted by atomic mass is 14.4. The molecule has 0 aromatic rings. The van der Waals surface area contributed by atoms with Crippen molar-refractivity contribution in [1.82, 2.24) is 0 Å². The highest BCUT2D eigenvalue weighted by molar-refractivity contribution is 4.85. The third-order valence-corrected chi connectivity index (χ3v) is 5.19. The van der Waals surface area contributed by atoms with Gasteiger partial charge in [-0.3, -0.25) is 0 Å². The van der Waals surface area contributed by atoms with Crippen LogP contribution in [0.25, 0.3) is 0 Å². The van der Waals surface area contributed by atoms with Crippen LogP contribution in [0.3, 0.4) is 0 Å². The summed E-state index contributed by atoms with van der Waals surface area (Å²) in [6, 6.07) is 0. The monoisotopic (exact) mass is 268 g/mol. The molecule has 0 aromatic carbocycles. The minimum atomic E-state index is 0.538. The van der Waals surface area contributed by atoms with Gasteiger partial charge in [-0.15, -0.1) is 0 Å². The molecule has 0 radical (unpaired) electrons. The van der Waals surface area contributed by atoms with Gasteiger partial charge in [-0.25, -0.2) is 0 Å². The van der Waals surface area contributed by atoms with E-state index in [1.165, 1.54) is 64.2 Å². The van der Waals surface area contributed by atoms with Crippen molar-refractivity contribution in [1.29, 1.82) is 0 Å². The predicted octanol–water partition coefficient (Wildman–Crippen LogP) is 7.23. The van der Waals surface area contributed by atoms with Crippen LogP contribution in [0.2, 0.25) is 0 Å². The Kier molecular flexibility index (Phi) is 10.7. The molecule has 0 heterocycles. The zero-order valence-electron chi connectivity index (χ0n) is 14.7. The zero-order valence-corrected chi connectivity index (χ0v) is 14.7. The molecule has 116 valence electrons. The molecule has 0 rings (SSSR count). The van der Waals surface area contributed by atoms with Gasteiger partial charge in [0.15, 0.2) is 0 Å². The van der Waals surface area contributed by atoms with Crippen LogP contribution in [0.15, 0.2) is 0 Å². The molecular weight excluding hydrogens is 228 g/mol. The van der Waals surface area contributed by atoms with Gasteiger partial charge in [-0.05, 0) is 30.1 Å². The molecule has 0 bridgehead atoms. The quantitative estimate of drug-likeness (QED) is 0.350. The SMILES string of the molecule is CCCCC(CCC)C(C)(C)C(CCC)CCCC. The lowest BCUT2D eigenvalue weighted by molar-refractivity contribution is 0.0811. The molecule has 0 saturated carbocycles. The Morgan fingerprint density at radius 1 is 0.579 bits per heavy atom. The fourth-order valence-electron chi connectivity index (χ4n) is 3.71. The molecule has 0 heteroatoms. The number of rotatable bonds is 12. The smallest absolute Gasteiger partial charge is 0.0298 e. The van der Waals surface area contributed by atoms with E-state index in [2.05, 4.69) is 41.5 Å². The average Bonchev–Trinajstić information content (AvgIpc) is 2.39. The number of hydrogen-bond donors (Lipinski definition) is 0. The topological polar surface area (TPSA) is 0 Å². The lowest BCUT2D eigenvalue weighted by atomic mass is 9.63. The first-order chi connectivity index (χ1) is 9.04. The van der Waals surface area contributed by atoms with E-state index in [4.69, 9.17) is 0 Å². The van der Waals surface area contributed by atoms with Crippen LogP contribution in [0.5, 0.6) is 0 Å². The van der Waals surface area contributed by atoms with Gasteiger partial charge >= 0.3 is 0 Å². The number of hydrogen-bond acceptors (Lipinski definition) is 0. The van der Waals surface area contributed by atoms with Crippen LogP contribution in [0.1, 0.15) is 106 Å². The fraction of sp³-hybridized carbons (Fsp3) is 1.00. The van der Waals surface area contributed by atoms with Crippen molar-refractivity contribution in [3.63, 3.8) is 0 Å². The van der Waals surface area contributed by atoms with Crippen molar-refractivity contribution in [2.45, 2.75) is 106 Å². The van der Waals surface area contributed by atoms with Crippen molar-refractivity contribution < 1.29 is 0 Å². The summed E-state index contributed by atoms with van der Waals surface area (Å²) in [5, 5.41) is 0. The summed E-state index contributed by atoms with van der Waals surface area (Å²) in [5.74, 6) is 1.87. The minimum absolute atomic E-state index is 0.538. The molecule has 0 aromatic heterocycles. The van der Waals surface area contributed by atoms with Crippen molar-refractivity contribution >= 4 is 0 Å². The van der Waals surface area contributed by atoms with E-state index in [0.29, 0.717) is 5.41 Å². The Balaban J connectivity index is 4.74. The predicted molar refractivity (Wildman–Crippen MR) is 89.6 cm³/mol. The molecule has 2 atom stereocenters. The Morgan fingerprint density at radius 2 is 0.947 bits per heavy atom. The Morgan fingerprint density at radius 3 is 1.21 bits per heavy atom. The van der Waals surface area contributed by atoms with Crippen molar-refractivity contribution in [2.75, 3.05) is 0 Å². The van der Waals surface area contributed by atoms with E-state index in [0.717, 1.165) is 11.8 Å². The van der Waals surface area contributed by atoms with E-state index in [1.807, 2.05) is 0 Å². The average molecular weight is 269 g/mol. The summed E-state index contributed by atoms with van der Waals surface area (Å²) in [6.45, 7) is 14.5. The second kappa shape index (κ2) is 10.7. The molecule has 19 heavy (non-hydrogen) atoms. The van der Waals surface area contributed by atoms with E-state index in [9.17, 15) is 0 Å². The molecule has 0 spiro atoms. The van der Waals surface area contributed by atoms with Gasteiger partial charge in [-0.1, -0.05) is 92.9 Å². The maximum Gasteiger partial charge on any atom is -0.0298 e. The summed E-state index contributed by atoms with van der Waals surface area (Å²) in [6.07, 6.45) is 14.0. The van der Waals surface area contributed by atoms with Gasteiger partial charge in [-0.2, -0.15) is 0 Å². The molecule has 0 aliphatic rings. The van der Waals surface area contributed by atoms with Gasteiger partial charge in [0.1, 0.15) is 0 Å². The molecule has 0 aliphatic heterocycles. The van der Waals surface area contributed by atoms with Gasteiger partial charge in [0.05, 0.1) is 0 Å². The standard InChI is InChI=1S/C19H40/c1-7-11-15-17(13-9-3)19(5,6)18(14-10-4)16-12-8-2/h17-18H,7-16H2,1-6H3. The lowest BCUT2D eigenvalue weighted by Gasteiger charge is -2.42. The second-order valence-corrected chi connectivity index (χ2v) is 7.08. The van der Waals surface area contributed by atoms with Gasteiger partial charge in [0, 0.05) is 0 Å². The molecule has 0 aliphatic carbocycles. The summed E-state index contributed by atoms with van der Waals surface area (Å²) >= 11 is 0. The molecule has 0 nitrogen and oxygen atoms in total. The molecular formula is C19H40. The zero-order chi connectivity index (χ0) is 14.7.